The van der Waals surface area contributed by atoms with Gasteiger partial charge in [-0.2, -0.15) is 0 Å². The number of rotatable bonds is 5. The molecule has 0 spiro atoms. The number of nitrogens with zero attached hydrogens (tertiary/aromatic N) is 2. The lowest BCUT2D eigenvalue weighted by Crippen LogP contribution is -2.35. The maximum atomic E-state index is 13.0. The van der Waals surface area contributed by atoms with Crippen molar-refractivity contribution in [2.45, 2.75) is 20.4 Å². The molecule has 0 amide bonds. The normalized spacial score (nSPS) is 14.8. The summed E-state index contributed by atoms with van der Waals surface area (Å²) in [6.45, 7) is 7.24. The average molecular weight is 508 g/mol. The van der Waals surface area contributed by atoms with Gasteiger partial charge in [-0.25, -0.2) is 4.79 Å². The smallest absolute Gasteiger partial charge is 0.340 e. The highest BCUT2D eigenvalue weighted by atomic mass is 79.9. The number of esters is 1. The number of carbonyl (C=O) groups is 1. The number of hydrogen-bond acceptors (Lipinski definition) is 5. The number of morpholine rings is 1. The number of phenolic OH excluding ortho intramolecular Hbond substituents is 1. The van der Waals surface area contributed by atoms with E-state index < -0.39 is 5.97 Å². The molecule has 164 valence electrons. The van der Waals surface area contributed by atoms with Crippen molar-refractivity contribution in [3.63, 3.8) is 0 Å². The van der Waals surface area contributed by atoms with Gasteiger partial charge in [-0.05, 0) is 54.0 Å². The van der Waals surface area contributed by atoms with Crippen LogP contribution < -0.4 is 0 Å². The van der Waals surface area contributed by atoms with Crippen molar-refractivity contribution in [1.82, 2.24) is 9.47 Å². The van der Waals surface area contributed by atoms with Gasteiger partial charge in [0.15, 0.2) is 0 Å². The Bertz CT molecular complexity index is 1140. The molecule has 0 bridgehead atoms. The summed E-state index contributed by atoms with van der Waals surface area (Å²) in [7, 11) is 0. The molecule has 0 saturated carbocycles. The molecule has 4 rings (SSSR count). The van der Waals surface area contributed by atoms with Gasteiger partial charge in [-0.3, -0.25) is 4.90 Å². The van der Waals surface area contributed by atoms with Crippen molar-refractivity contribution in [3.8, 4) is 11.4 Å². The average Bonchev–Trinajstić information content (AvgIpc) is 3.04. The Kier molecular flexibility index (Phi) is 6.57. The van der Waals surface area contributed by atoms with Crippen molar-refractivity contribution in [1.29, 1.82) is 0 Å². The van der Waals surface area contributed by atoms with Crippen molar-refractivity contribution < 1.29 is 19.4 Å². The standard InChI is InChI=1S/C23H24BrClN2O4/c1-3-31-23(29)20-14(2)27(16-6-4-5-15(25)11-16)19-12-18(24)22(28)17(21(19)20)13-26-7-9-30-10-8-26/h4-6,11-12,28H,3,7-10,13H2,1-2H3. The summed E-state index contributed by atoms with van der Waals surface area (Å²) in [6.07, 6.45) is 0. The van der Waals surface area contributed by atoms with Crippen LogP contribution >= 0.6 is 27.5 Å². The number of aromatic hydroxyl groups is 1. The number of halogens is 2. The molecule has 0 radical (unpaired) electrons. The van der Waals surface area contributed by atoms with Gasteiger partial charge in [0.05, 0.1) is 35.4 Å². The lowest BCUT2D eigenvalue weighted by molar-refractivity contribution is 0.0340. The maximum Gasteiger partial charge on any atom is 0.340 e. The molecule has 2 heterocycles. The van der Waals surface area contributed by atoms with Gasteiger partial charge in [0.1, 0.15) is 5.75 Å². The predicted octanol–water partition coefficient (Wildman–Crippen LogP) is 5.07. The van der Waals surface area contributed by atoms with Crippen LogP contribution in [-0.4, -0.2) is 53.5 Å². The van der Waals surface area contributed by atoms with E-state index in [2.05, 4.69) is 20.8 Å². The molecule has 3 aromatic rings. The minimum Gasteiger partial charge on any atom is -0.506 e. The number of aromatic nitrogens is 1. The Labute approximate surface area is 194 Å². The van der Waals surface area contributed by atoms with Crippen LogP contribution in [0.15, 0.2) is 34.8 Å². The fraction of sp³-hybridized carbons (Fsp3) is 0.348. The van der Waals surface area contributed by atoms with Gasteiger partial charge in [0.25, 0.3) is 0 Å². The summed E-state index contributed by atoms with van der Waals surface area (Å²) >= 11 is 9.77. The zero-order valence-corrected chi connectivity index (χ0v) is 19.8. The van der Waals surface area contributed by atoms with Gasteiger partial charge >= 0.3 is 5.97 Å². The Balaban J connectivity index is 2.01. The monoisotopic (exact) mass is 506 g/mol. The van der Waals surface area contributed by atoms with E-state index in [1.807, 2.05) is 41.8 Å². The Morgan fingerprint density at radius 1 is 1.29 bits per heavy atom. The van der Waals surface area contributed by atoms with E-state index >= 15 is 0 Å². The minimum atomic E-state index is -0.407. The van der Waals surface area contributed by atoms with Crippen LogP contribution in [0.4, 0.5) is 0 Å². The second-order valence-corrected chi connectivity index (χ2v) is 8.76. The van der Waals surface area contributed by atoms with Crippen LogP contribution in [0.5, 0.6) is 5.75 Å². The number of ether oxygens (including phenoxy) is 2. The summed E-state index contributed by atoms with van der Waals surface area (Å²) < 4.78 is 13.4. The van der Waals surface area contributed by atoms with Gasteiger partial charge < -0.3 is 19.1 Å². The van der Waals surface area contributed by atoms with Crippen LogP contribution in [-0.2, 0) is 16.0 Å². The second kappa shape index (κ2) is 9.20. The fourth-order valence-corrected chi connectivity index (χ4v) is 4.78. The van der Waals surface area contributed by atoms with Crippen molar-refractivity contribution in [2.24, 2.45) is 0 Å². The van der Waals surface area contributed by atoms with Crippen LogP contribution in [0.2, 0.25) is 5.02 Å². The SMILES string of the molecule is CCOC(=O)c1c(C)n(-c2cccc(Cl)c2)c2cc(Br)c(O)c(CN3CCOCC3)c12. The third-order valence-corrected chi connectivity index (χ3v) is 6.39. The van der Waals surface area contributed by atoms with E-state index in [4.69, 9.17) is 21.1 Å². The molecule has 0 unspecified atom stereocenters. The van der Waals surface area contributed by atoms with Crippen LogP contribution in [0.25, 0.3) is 16.6 Å². The van der Waals surface area contributed by atoms with Gasteiger partial charge in [0.2, 0.25) is 0 Å². The van der Waals surface area contributed by atoms with E-state index in [-0.39, 0.29) is 12.4 Å². The lowest BCUT2D eigenvalue weighted by atomic mass is 10.0. The number of carbonyl (C=O) groups excluding carboxylic acids is 1. The maximum absolute atomic E-state index is 13.0. The predicted molar refractivity (Wildman–Crippen MR) is 124 cm³/mol. The van der Waals surface area contributed by atoms with E-state index in [9.17, 15) is 9.90 Å². The first-order valence-electron chi connectivity index (χ1n) is 10.2. The first kappa shape index (κ1) is 22.1. The molecular formula is C23H24BrClN2O4. The molecule has 0 aliphatic carbocycles. The van der Waals surface area contributed by atoms with Gasteiger partial charge in [-0.15, -0.1) is 0 Å². The second-order valence-electron chi connectivity index (χ2n) is 7.46. The molecular weight excluding hydrogens is 484 g/mol. The number of hydrogen-bond donors (Lipinski definition) is 1. The zero-order valence-electron chi connectivity index (χ0n) is 17.5. The molecule has 1 saturated heterocycles. The molecule has 0 atom stereocenters. The summed E-state index contributed by atoms with van der Waals surface area (Å²) in [5, 5.41) is 12.3. The topological polar surface area (TPSA) is 63.9 Å². The third kappa shape index (κ3) is 4.20. The molecule has 1 N–H and O–H groups in total. The van der Waals surface area contributed by atoms with Crippen LogP contribution in [0.1, 0.15) is 28.5 Å². The zero-order chi connectivity index (χ0) is 22.1. The molecule has 1 fully saturated rings. The van der Waals surface area contributed by atoms with E-state index in [0.29, 0.717) is 45.8 Å². The van der Waals surface area contributed by atoms with E-state index in [1.54, 1.807) is 6.92 Å². The first-order valence-corrected chi connectivity index (χ1v) is 11.4. The highest BCUT2D eigenvalue weighted by Crippen LogP contribution is 2.41. The summed E-state index contributed by atoms with van der Waals surface area (Å²) in [6, 6.07) is 9.31. The Hall–Kier alpha value is -2.06. The number of fused-ring (bicyclic) bond motifs is 1. The third-order valence-electron chi connectivity index (χ3n) is 5.55. The fourth-order valence-electron chi connectivity index (χ4n) is 4.14. The molecule has 6 nitrogen and oxygen atoms in total. The van der Waals surface area contributed by atoms with Crippen LogP contribution in [0, 0.1) is 6.92 Å². The molecule has 1 aromatic heterocycles. The van der Waals surface area contributed by atoms with Gasteiger partial charge in [0, 0.05) is 47.0 Å². The summed E-state index contributed by atoms with van der Waals surface area (Å²) in [4.78, 5) is 15.3. The first-order chi connectivity index (χ1) is 14.9. The molecule has 1 aliphatic heterocycles. The van der Waals surface area contributed by atoms with Crippen molar-refractivity contribution in [2.75, 3.05) is 32.9 Å². The summed E-state index contributed by atoms with van der Waals surface area (Å²) in [5.74, 6) is -0.275. The molecule has 31 heavy (non-hydrogen) atoms. The Morgan fingerprint density at radius 2 is 2.03 bits per heavy atom. The van der Waals surface area contributed by atoms with Crippen molar-refractivity contribution in [3.05, 3.63) is 56.6 Å². The van der Waals surface area contributed by atoms with E-state index in [1.165, 1.54) is 0 Å². The minimum absolute atomic E-state index is 0.132. The molecule has 1 aliphatic rings. The van der Waals surface area contributed by atoms with Crippen molar-refractivity contribution >= 4 is 44.4 Å². The van der Waals surface area contributed by atoms with E-state index in [0.717, 1.165) is 30.0 Å². The number of benzene rings is 2. The molecule has 8 heteroatoms. The van der Waals surface area contributed by atoms with Crippen LogP contribution in [0.3, 0.4) is 0 Å². The molecule has 2 aromatic carbocycles. The summed E-state index contributed by atoms with van der Waals surface area (Å²) in [5.41, 5.74) is 3.52. The number of phenols is 1. The quantitative estimate of drug-likeness (QED) is 0.489. The van der Waals surface area contributed by atoms with Gasteiger partial charge in [-0.1, -0.05) is 17.7 Å². The highest BCUT2D eigenvalue weighted by Gasteiger charge is 2.28. The Morgan fingerprint density at radius 3 is 2.71 bits per heavy atom. The highest BCUT2D eigenvalue weighted by molar-refractivity contribution is 9.10. The lowest BCUT2D eigenvalue weighted by Gasteiger charge is -2.27. The largest absolute Gasteiger partial charge is 0.506 e.